The van der Waals surface area contributed by atoms with Gasteiger partial charge in [-0.3, -0.25) is 0 Å². The highest BCUT2D eigenvalue weighted by Crippen LogP contribution is 2.15. The first-order valence-corrected chi connectivity index (χ1v) is 6.24. The van der Waals surface area contributed by atoms with Crippen LogP contribution in [0.5, 0.6) is 0 Å². The molecule has 0 bridgehead atoms. The van der Waals surface area contributed by atoms with E-state index in [0.717, 1.165) is 11.0 Å². The summed E-state index contributed by atoms with van der Waals surface area (Å²) < 4.78 is 11.2. The van der Waals surface area contributed by atoms with E-state index in [1.54, 1.807) is 12.1 Å². The Labute approximate surface area is 125 Å². The van der Waals surface area contributed by atoms with Gasteiger partial charge >= 0.3 is 5.97 Å². The molecule has 4 nitrogen and oxygen atoms in total. The van der Waals surface area contributed by atoms with Crippen molar-refractivity contribution in [2.75, 3.05) is 33.3 Å². The quantitative estimate of drug-likeness (QED) is 0.393. The van der Waals surface area contributed by atoms with Gasteiger partial charge in [0.05, 0.1) is 26.4 Å². The van der Waals surface area contributed by atoms with Gasteiger partial charge in [0.25, 0.3) is 0 Å². The monoisotopic (exact) mass is 365 g/mol. The minimum Gasteiger partial charge on any atom is -1.00 e. The number of hydrogen-bond donors (Lipinski definition) is 0. The fourth-order valence-electron chi connectivity index (χ4n) is 2.32. The zero-order valence-corrected chi connectivity index (χ0v) is 12.9. The first-order valence-electron chi connectivity index (χ1n) is 6.24. The molecular weight excluding hydrogens is 345 g/mol. The number of carbonyl (C=O) groups excluding carboxylic acids is 1. The second-order valence-corrected chi connectivity index (χ2v) is 4.96. The Morgan fingerprint density at radius 3 is 2.72 bits per heavy atom. The number of halogens is 1. The fraction of sp³-hybridized carbons (Fsp3) is 0.615. The van der Waals surface area contributed by atoms with Gasteiger partial charge in [0, 0.05) is 0 Å². The van der Waals surface area contributed by atoms with Crippen LogP contribution in [0.2, 0.25) is 0 Å². The summed E-state index contributed by atoms with van der Waals surface area (Å²) in [5, 5.41) is 0. The Morgan fingerprint density at radius 2 is 2.11 bits per heavy atom. The molecule has 0 saturated carbocycles. The predicted octanol–water partition coefficient (Wildman–Crippen LogP) is -0.929. The molecule has 1 aliphatic heterocycles. The van der Waals surface area contributed by atoms with Crippen molar-refractivity contribution < 1.29 is 42.4 Å². The first kappa shape index (κ1) is 15.5. The fourth-order valence-corrected chi connectivity index (χ4v) is 2.32. The van der Waals surface area contributed by atoms with Gasteiger partial charge in [-0.1, -0.05) is 0 Å². The van der Waals surface area contributed by atoms with Crippen molar-refractivity contribution in [3.05, 3.63) is 24.2 Å². The van der Waals surface area contributed by atoms with Crippen LogP contribution >= 0.6 is 0 Å². The van der Waals surface area contributed by atoms with E-state index in [0.29, 0.717) is 6.61 Å². The topological polar surface area (TPSA) is 39.4 Å². The molecule has 2 heterocycles. The number of likely N-dealkylation sites (tertiary alicyclic amines) is 1. The summed E-state index contributed by atoms with van der Waals surface area (Å²) in [5.74, 6) is -0.0788. The third-order valence-corrected chi connectivity index (χ3v) is 3.48. The van der Waals surface area contributed by atoms with Crippen molar-refractivity contribution in [3.63, 3.8) is 0 Å². The smallest absolute Gasteiger partial charge is 0.374 e. The van der Waals surface area contributed by atoms with Crippen molar-refractivity contribution in [2.45, 2.75) is 19.3 Å². The lowest BCUT2D eigenvalue weighted by Crippen LogP contribution is -3.00. The van der Waals surface area contributed by atoms with Crippen molar-refractivity contribution in [1.82, 2.24) is 0 Å². The number of furan rings is 1. The minimum atomic E-state index is -0.362. The Morgan fingerprint density at radius 1 is 1.39 bits per heavy atom. The van der Waals surface area contributed by atoms with E-state index in [-0.39, 0.29) is 35.7 Å². The third-order valence-electron chi connectivity index (χ3n) is 3.48. The van der Waals surface area contributed by atoms with Gasteiger partial charge in [-0.15, -0.1) is 0 Å². The van der Waals surface area contributed by atoms with Crippen LogP contribution in [-0.2, 0) is 4.74 Å². The van der Waals surface area contributed by atoms with E-state index in [1.165, 1.54) is 38.6 Å². The number of likely N-dealkylation sites (N-methyl/N-ethyl adjacent to an activating group) is 1. The van der Waals surface area contributed by atoms with E-state index < -0.39 is 0 Å². The molecule has 0 aromatic carbocycles. The lowest BCUT2D eigenvalue weighted by molar-refractivity contribution is -0.914. The Bertz CT molecular complexity index is 358. The van der Waals surface area contributed by atoms with Gasteiger partial charge in [0.15, 0.2) is 0 Å². The van der Waals surface area contributed by atoms with Crippen molar-refractivity contribution in [1.29, 1.82) is 0 Å². The van der Waals surface area contributed by atoms with Gasteiger partial charge in [-0.05, 0) is 31.4 Å². The SMILES string of the molecule is C[N+]1(CCOC(=O)c2ccco2)CCCCC1.[I-]. The molecule has 0 atom stereocenters. The molecule has 0 spiro atoms. The van der Waals surface area contributed by atoms with Crippen molar-refractivity contribution >= 4 is 5.97 Å². The molecule has 0 radical (unpaired) electrons. The van der Waals surface area contributed by atoms with Crippen LogP contribution in [0, 0.1) is 0 Å². The minimum absolute atomic E-state index is 0. The molecule has 1 fully saturated rings. The standard InChI is InChI=1S/C13H20NO3.HI/c1-14(7-3-2-4-8-14)9-11-17-13(15)12-6-5-10-16-12;/h5-6,10H,2-4,7-9,11H2,1H3;1H/q+1;/p-1. The molecule has 1 saturated heterocycles. The Kier molecular flexibility index (Phi) is 6.14. The first-order chi connectivity index (χ1) is 8.20. The molecule has 5 heteroatoms. The van der Waals surface area contributed by atoms with E-state index >= 15 is 0 Å². The molecule has 0 N–H and O–H groups in total. The van der Waals surface area contributed by atoms with Gasteiger partial charge < -0.3 is 37.6 Å². The highest BCUT2D eigenvalue weighted by Gasteiger charge is 2.24. The maximum atomic E-state index is 11.5. The Hall–Kier alpha value is -0.560. The molecule has 18 heavy (non-hydrogen) atoms. The van der Waals surface area contributed by atoms with E-state index in [1.807, 2.05) is 0 Å². The lowest BCUT2D eigenvalue weighted by atomic mass is 10.1. The zero-order chi connectivity index (χ0) is 12.1. The van der Waals surface area contributed by atoms with Crippen LogP contribution in [0.3, 0.4) is 0 Å². The molecule has 0 amide bonds. The third kappa shape index (κ3) is 4.28. The van der Waals surface area contributed by atoms with E-state index in [9.17, 15) is 4.79 Å². The number of hydrogen-bond acceptors (Lipinski definition) is 3. The van der Waals surface area contributed by atoms with Gasteiger partial charge in [0.2, 0.25) is 5.76 Å². The van der Waals surface area contributed by atoms with E-state index in [4.69, 9.17) is 9.15 Å². The summed E-state index contributed by atoms with van der Waals surface area (Å²) in [4.78, 5) is 11.5. The molecule has 0 aliphatic carbocycles. The molecule has 1 aromatic rings. The number of ether oxygens (including phenoxy) is 1. The maximum Gasteiger partial charge on any atom is 0.374 e. The average molecular weight is 365 g/mol. The number of piperidine rings is 1. The van der Waals surface area contributed by atoms with E-state index in [2.05, 4.69) is 7.05 Å². The van der Waals surface area contributed by atoms with Crippen LogP contribution in [-0.4, -0.2) is 43.7 Å². The highest BCUT2D eigenvalue weighted by atomic mass is 127. The zero-order valence-electron chi connectivity index (χ0n) is 10.7. The molecular formula is C13H20INO3. The largest absolute Gasteiger partial charge is 1.00 e. The summed E-state index contributed by atoms with van der Waals surface area (Å²) in [7, 11) is 2.24. The Balaban J connectivity index is 0.00000162. The number of carbonyl (C=O) groups is 1. The van der Waals surface area contributed by atoms with Crippen LogP contribution in [0.1, 0.15) is 29.8 Å². The van der Waals surface area contributed by atoms with Gasteiger partial charge in [-0.2, -0.15) is 0 Å². The summed E-state index contributed by atoms with van der Waals surface area (Å²) in [5.41, 5.74) is 0. The lowest BCUT2D eigenvalue weighted by Gasteiger charge is -2.37. The molecule has 0 unspecified atom stereocenters. The van der Waals surface area contributed by atoms with Crippen LogP contribution in [0.15, 0.2) is 22.8 Å². The van der Waals surface area contributed by atoms with Crippen LogP contribution < -0.4 is 24.0 Å². The number of esters is 1. The number of rotatable bonds is 4. The normalized spacial score (nSPS) is 17.8. The second kappa shape index (κ2) is 7.13. The maximum absolute atomic E-state index is 11.5. The van der Waals surface area contributed by atoms with Gasteiger partial charge in [0.1, 0.15) is 13.2 Å². The summed E-state index contributed by atoms with van der Waals surface area (Å²) >= 11 is 0. The van der Waals surface area contributed by atoms with Gasteiger partial charge in [-0.25, -0.2) is 4.79 Å². The molecule has 2 rings (SSSR count). The molecule has 1 aliphatic rings. The molecule has 1 aromatic heterocycles. The summed E-state index contributed by atoms with van der Waals surface area (Å²) in [6, 6.07) is 3.31. The summed E-state index contributed by atoms with van der Waals surface area (Å²) in [6.45, 7) is 3.75. The number of nitrogens with zero attached hydrogens (tertiary/aromatic N) is 1. The molecule has 102 valence electrons. The second-order valence-electron chi connectivity index (χ2n) is 4.96. The summed E-state index contributed by atoms with van der Waals surface area (Å²) in [6.07, 6.45) is 5.38. The number of quaternary nitrogens is 1. The average Bonchev–Trinajstić information content (AvgIpc) is 2.83. The highest BCUT2D eigenvalue weighted by molar-refractivity contribution is 5.86. The van der Waals surface area contributed by atoms with Crippen LogP contribution in [0.4, 0.5) is 0 Å². The van der Waals surface area contributed by atoms with Crippen molar-refractivity contribution in [2.24, 2.45) is 0 Å². The predicted molar refractivity (Wildman–Crippen MR) is 63.6 cm³/mol. The van der Waals surface area contributed by atoms with Crippen molar-refractivity contribution in [3.8, 4) is 0 Å². The van der Waals surface area contributed by atoms with Crippen LogP contribution in [0.25, 0.3) is 0 Å².